The maximum Gasteiger partial charge on any atom is 0.251 e. The number of ether oxygens (including phenoxy) is 2. The van der Waals surface area contributed by atoms with Crippen LogP contribution in [-0.2, 0) is 23.0 Å². The molecule has 0 atom stereocenters. The number of sulfonamides is 1. The number of carbonyl (C=O) groups excluding carboxylic acids is 1. The molecule has 0 aliphatic carbocycles. The standard InChI is InChI=1S/C22H24N2O5S2/c1-28-18-8-9-21(29-2)16(13-18)10-11-23-22(25)17-5-3-7-20(14-17)31(26,27)24-15-19-6-4-12-30-19/h3-9,12-14,24H,10-11,15H2,1-2H3,(H,23,25). The highest BCUT2D eigenvalue weighted by Crippen LogP contribution is 2.24. The zero-order chi connectivity index (χ0) is 22.3. The summed E-state index contributed by atoms with van der Waals surface area (Å²) in [4.78, 5) is 13.5. The first kappa shape index (κ1) is 22.8. The normalized spacial score (nSPS) is 11.2. The first-order chi connectivity index (χ1) is 14.9. The lowest BCUT2D eigenvalue weighted by molar-refractivity contribution is 0.0954. The van der Waals surface area contributed by atoms with Crippen molar-refractivity contribution < 1.29 is 22.7 Å². The fraction of sp³-hybridized carbons (Fsp3) is 0.227. The molecule has 0 fully saturated rings. The summed E-state index contributed by atoms with van der Waals surface area (Å²) in [5.74, 6) is 1.06. The van der Waals surface area contributed by atoms with Gasteiger partial charge in [-0.15, -0.1) is 11.3 Å². The second-order valence-corrected chi connectivity index (χ2v) is 9.41. The summed E-state index contributed by atoms with van der Waals surface area (Å²) in [5, 5.41) is 4.71. The largest absolute Gasteiger partial charge is 0.497 e. The van der Waals surface area contributed by atoms with Gasteiger partial charge >= 0.3 is 0 Å². The Labute approximate surface area is 186 Å². The predicted molar refractivity (Wildman–Crippen MR) is 120 cm³/mol. The monoisotopic (exact) mass is 460 g/mol. The molecule has 0 aliphatic rings. The van der Waals surface area contributed by atoms with Crippen molar-refractivity contribution in [2.24, 2.45) is 0 Å². The predicted octanol–water partition coefficient (Wildman–Crippen LogP) is 3.22. The second-order valence-electron chi connectivity index (χ2n) is 6.62. The number of carbonyl (C=O) groups is 1. The summed E-state index contributed by atoms with van der Waals surface area (Å²) < 4.78 is 38.3. The van der Waals surface area contributed by atoms with Crippen LogP contribution in [0.3, 0.4) is 0 Å². The lowest BCUT2D eigenvalue weighted by Crippen LogP contribution is -2.27. The van der Waals surface area contributed by atoms with Crippen LogP contribution in [0.5, 0.6) is 11.5 Å². The van der Waals surface area contributed by atoms with Gasteiger partial charge in [0.25, 0.3) is 5.91 Å². The van der Waals surface area contributed by atoms with Gasteiger partial charge in [0.05, 0.1) is 19.1 Å². The molecule has 1 aromatic heterocycles. The van der Waals surface area contributed by atoms with E-state index in [2.05, 4.69) is 10.0 Å². The molecule has 0 radical (unpaired) electrons. The zero-order valence-electron chi connectivity index (χ0n) is 17.3. The Hall–Kier alpha value is -2.88. The van der Waals surface area contributed by atoms with Crippen molar-refractivity contribution in [3.63, 3.8) is 0 Å². The van der Waals surface area contributed by atoms with Crippen molar-refractivity contribution >= 4 is 27.3 Å². The molecule has 3 rings (SSSR count). The van der Waals surface area contributed by atoms with Crippen molar-refractivity contribution in [3.05, 3.63) is 76.0 Å². The molecule has 2 aromatic carbocycles. The Balaban J connectivity index is 1.62. The van der Waals surface area contributed by atoms with Crippen LogP contribution >= 0.6 is 11.3 Å². The van der Waals surface area contributed by atoms with Crippen molar-refractivity contribution in [1.29, 1.82) is 0 Å². The third kappa shape index (κ3) is 6.06. The third-order valence-corrected chi connectivity index (χ3v) is 6.87. The second kappa shape index (κ2) is 10.4. The Morgan fingerprint density at radius 1 is 1.03 bits per heavy atom. The van der Waals surface area contributed by atoms with Crippen LogP contribution in [-0.4, -0.2) is 35.1 Å². The number of methoxy groups -OCH3 is 2. The highest BCUT2D eigenvalue weighted by Gasteiger charge is 2.16. The summed E-state index contributed by atoms with van der Waals surface area (Å²) in [7, 11) is -0.554. The van der Waals surface area contributed by atoms with Gasteiger partial charge in [-0.05, 0) is 59.8 Å². The highest BCUT2D eigenvalue weighted by atomic mass is 32.2. The van der Waals surface area contributed by atoms with Crippen LogP contribution in [0.2, 0.25) is 0 Å². The Kier molecular flexibility index (Phi) is 7.67. The topological polar surface area (TPSA) is 93.7 Å². The minimum Gasteiger partial charge on any atom is -0.497 e. The van der Waals surface area contributed by atoms with Gasteiger partial charge in [-0.25, -0.2) is 13.1 Å². The summed E-state index contributed by atoms with van der Waals surface area (Å²) in [6, 6.07) is 15.2. The molecule has 0 saturated carbocycles. The summed E-state index contributed by atoms with van der Waals surface area (Å²) in [6.45, 7) is 0.564. The molecule has 3 aromatic rings. The third-order valence-electron chi connectivity index (χ3n) is 4.59. The summed E-state index contributed by atoms with van der Waals surface area (Å²) in [6.07, 6.45) is 0.534. The van der Waals surface area contributed by atoms with E-state index in [-0.39, 0.29) is 22.9 Å². The fourth-order valence-corrected chi connectivity index (χ4v) is 4.75. The molecule has 164 valence electrons. The first-order valence-corrected chi connectivity index (χ1v) is 11.9. The number of hydrogen-bond acceptors (Lipinski definition) is 6. The Morgan fingerprint density at radius 2 is 1.87 bits per heavy atom. The van der Waals surface area contributed by atoms with E-state index >= 15 is 0 Å². The zero-order valence-corrected chi connectivity index (χ0v) is 18.9. The molecule has 1 amide bonds. The van der Waals surface area contributed by atoms with E-state index in [1.807, 2.05) is 29.6 Å². The number of rotatable bonds is 10. The molecule has 1 heterocycles. The van der Waals surface area contributed by atoms with Crippen molar-refractivity contribution in [2.75, 3.05) is 20.8 Å². The molecule has 7 nitrogen and oxygen atoms in total. The number of nitrogens with one attached hydrogen (secondary N) is 2. The van der Waals surface area contributed by atoms with Gasteiger partial charge in [0.15, 0.2) is 0 Å². The van der Waals surface area contributed by atoms with E-state index in [0.29, 0.717) is 24.5 Å². The maximum atomic E-state index is 12.6. The van der Waals surface area contributed by atoms with Gasteiger partial charge in [0.2, 0.25) is 10.0 Å². The van der Waals surface area contributed by atoms with Crippen molar-refractivity contribution in [1.82, 2.24) is 10.0 Å². The van der Waals surface area contributed by atoms with E-state index in [1.54, 1.807) is 32.4 Å². The van der Waals surface area contributed by atoms with Crippen LogP contribution in [0.4, 0.5) is 0 Å². The molecule has 0 spiro atoms. The maximum absolute atomic E-state index is 12.6. The van der Waals surface area contributed by atoms with E-state index < -0.39 is 10.0 Å². The SMILES string of the molecule is COc1ccc(OC)c(CCNC(=O)c2cccc(S(=O)(=O)NCc3cccs3)c2)c1. The smallest absolute Gasteiger partial charge is 0.251 e. The van der Waals surface area contributed by atoms with Crippen LogP contribution in [0, 0.1) is 0 Å². The average molecular weight is 461 g/mol. The van der Waals surface area contributed by atoms with E-state index in [1.165, 1.54) is 23.5 Å². The highest BCUT2D eigenvalue weighted by molar-refractivity contribution is 7.89. The van der Waals surface area contributed by atoms with Crippen LogP contribution in [0.15, 0.2) is 64.9 Å². The fourth-order valence-electron chi connectivity index (χ4n) is 2.96. The molecule has 2 N–H and O–H groups in total. The molecule has 0 aliphatic heterocycles. The van der Waals surface area contributed by atoms with E-state index in [9.17, 15) is 13.2 Å². The molecule has 31 heavy (non-hydrogen) atoms. The van der Waals surface area contributed by atoms with Crippen LogP contribution < -0.4 is 19.5 Å². The molecule has 0 bridgehead atoms. The van der Waals surface area contributed by atoms with E-state index in [4.69, 9.17) is 9.47 Å². The number of thiophene rings is 1. The average Bonchev–Trinajstić information content (AvgIpc) is 3.31. The van der Waals surface area contributed by atoms with Gasteiger partial charge in [-0.1, -0.05) is 12.1 Å². The molecule has 0 unspecified atom stereocenters. The first-order valence-electron chi connectivity index (χ1n) is 9.54. The molecular formula is C22H24N2O5S2. The minimum absolute atomic E-state index is 0.0474. The lowest BCUT2D eigenvalue weighted by atomic mass is 10.1. The Bertz CT molecular complexity index is 1130. The van der Waals surface area contributed by atoms with Crippen molar-refractivity contribution in [3.8, 4) is 11.5 Å². The van der Waals surface area contributed by atoms with Gasteiger partial charge in [0, 0.05) is 23.5 Å². The minimum atomic E-state index is -3.73. The van der Waals surface area contributed by atoms with E-state index in [0.717, 1.165) is 10.4 Å². The summed E-state index contributed by atoms with van der Waals surface area (Å²) in [5.41, 5.74) is 1.17. The number of hydrogen-bond donors (Lipinski definition) is 2. The summed E-state index contributed by atoms with van der Waals surface area (Å²) >= 11 is 1.47. The van der Waals surface area contributed by atoms with Crippen molar-refractivity contribution in [2.45, 2.75) is 17.9 Å². The van der Waals surface area contributed by atoms with Gasteiger partial charge in [-0.2, -0.15) is 0 Å². The van der Waals surface area contributed by atoms with Gasteiger partial charge in [-0.3, -0.25) is 4.79 Å². The van der Waals surface area contributed by atoms with Crippen LogP contribution in [0.1, 0.15) is 20.8 Å². The molecular weight excluding hydrogens is 436 g/mol. The quantitative estimate of drug-likeness (QED) is 0.485. The number of amides is 1. The van der Waals surface area contributed by atoms with Gasteiger partial charge in [0.1, 0.15) is 11.5 Å². The van der Waals surface area contributed by atoms with Gasteiger partial charge < -0.3 is 14.8 Å². The lowest BCUT2D eigenvalue weighted by Gasteiger charge is -2.11. The Morgan fingerprint density at radius 3 is 2.58 bits per heavy atom. The molecule has 9 heteroatoms. The number of benzene rings is 2. The van der Waals surface area contributed by atoms with Crippen LogP contribution in [0.25, 0.3) is 0 Å². The molecule has 0 saturated heterocycles.